The Kier molecular flexibility index (Phi) is 5.61. The van der Waals surface area contributed by atoms with E-state index in [9.17, 15) is 0 Å². The molecular formula is C15H24N2O2. The summed E-state index contributed by atoms with van der Waals surface area (Å²) in [6.07, 6.45) is 5.35. The summed E-state index contributed by atoms with van der Waals surface area (Å²) >= 11 is 0. The standard InChI is InChI=1S/C15H24N2O2/c1-3-14(16-4-2)15-8-7-12(10-17-15)19-11-13-6-5-9-18-13/h7-8,10,13-14,16H,3-6,9,11H2,1-2H3. The van der Waals surface area contributed by atoms with Crippen molar-refractivity contribution in [1.29, 1.82) is 0 Å². The molecule has 2 rings (SSSR count). The summed E-state index contributed by atoms with van der Waals surface area (Å²) in [4.78, 5) is 4.49. The van der Waals surface area contributed by atoms with Gasteiger partial charge in [0.25, 0.3) is 0 Å². The largest absolute Gasteiger partial charge is 0.489 e. The van der Waals surface area contributed by atoms with Crippen molar-refractivity contribution in [2.75, 3.05) is 19.8 Å². The zero-order valence-electron chi connectivity index (χ0n) is 11.9. The van der Waals surface area contributed by atoms with Crippen molar-refractivity contribution in [3.63, 3.8) is 0 Å². The third kappa shape index (κ3) is 4.18. The van der Waals surface area contributed by atoms with E-state index in [0.717, 1.165) is 43.9 Å². The van der Waals surface area contributed by atoms with Crippen molar-refractivity contribution in [1.82, 2.24) is 10.3 Å². The lowest BCUT2D eigenvalue weighted by Crippen LogP contribution is -2.21. The van der Waals surface area contributed by atoms with Crippen LogP contribution in [0.15, 0.2) is 18.3 Å². The molecule has 0 saturated carbocycles. The van der Waals surface area contributed by atoms with Gasteiger partial charge in [-0.25, -0.2) is 0 Å². The van der Waals surface area contributed by atoms with Gasteiger partial charge >= 0.3 is 0 Å². The van der Waals surface area contributed by atoms with Crippen molar-refractivity contribution >= 4 is 0 Å². The molecule has 2 atom stereocenters. The van der Waals surface area contributed by atoms with Crippen molar-refractivity contribution in [2.24, 2.45) is 0 Å². The highest BCUT2D eigenvalue weighted by atomic mass is 16.5. The summed E-state index contributed by atoms with van der Waals surface area (Å²) < 4.78 is 11.2. The molecule has 0 amide bonds. The van der Waals surface area contributed by atoms with E-state index < -0.39 is 0 Å². The van der Waals surface area contributed by atoms with E-state index in [1.807, 2.05) is 18.3 Å². The zero-order valence-corrected chi connectivity index (χ0v) is 11.9. The van der Waals surface area contributed by atoms with Gasteiger partial charge in [0.05, 0.1) is 18.0 Å². The second-order valence-corrected chi connectivity index (χ2v) is 4.88. The Morgan fingerprint density at radius 1 is 1.47 bits per heavy atom. The van der Waals surface area contributed by atoms with Gasteiger partial charge in [-0.05, 0) is 37.9 Å². The number of hydrogen-bond acceptors (Lipinski definition) is 4. The van der Waals surface area contributed by atoms with E-state index in [-0.39, 0.29) is 6.10 Å². The molecule has 1 aliphatic rings. The van der Waals surface area contributed by atoms with Crippen LogP contribution in [0.3, 0.4) is 0 Å². The Balaban J connectivity index is 1.86. The van der Waals surface area contributed by atoms with Crippen molar-refractivity contribution < 1.29 is 9.47 Å². The fourth-order valence-electron chi connectivity index (χ4n) is 2.35. The summed E-state index contributed by atoms with van der Waals surface area (Å²) in [5, 5.41) is 3.42. The van der Waals surface area contributed by atoms with Crippen LogP contribution < -0.4 is 10.1 Å². The first kappa shape index (κ1) is 14.3. The molecule has 4 heteroatoms. The quantitative estimate of drug-likeness (QED) is 0.822. The maximum Gasteiger partial charge on any atom is 0.137 e. The first-order valence-corrected chi connectivity index (χ1v) is 7.27. The summed E-state index contributed by atoms with van der Waals surface area (Å²) in [5.74, 6) is 0.825. The zero-order chi connectivity index (χ0) is 13.5. The van der Waals surface area contributed by atoms with E-state index in [1.54, 1.807) is 0 Å². The van der Waals surface area contributed by atoms with Gasteiger partial charge in [0, 0.05) is 12.6 Å². The molecule has 1 aromatic heterocycles. The van der Waals surface area contributed by atoms with E-state index in [2.05, 4.69) is 24.1 Å². The van der Waals surface area contributed by atoms with E-state index in [4.69, 9.17) is 9.47 Å². The van der Waals surface area contributed by atoms with Gasteiger partial charge in [0.1, 0.15) is 12.4 Å². The first-order chi connectivity index (χ1) is 9.33. The van der Waals surface area contributed by atoms with Crippen LogP contribution in [0.5, 0.6) is 5.75 Å². The Hall–Kier alpha value is -1.13. The topological polar surface area (TPSA) is 43.4 Å². The number of aromatic nitrogens is 1. The molecule has 4 nitrogen and oxygen atoms in total. The second kappa shape index (κ2) is 7.46. The summed E-state index contributed by atoms with van der Waals surface area (Å²) in [7, 11) is 0. The minimum Gasteiger partial charge on any atom is -0.489 e. The van der Waals surface area contributed by atoms with Crippen LogP contribution in [0, 0.1) is 0 Å². The molecule has 0 radical (unpaired) electrons. The average Bonchev–Trinajstić information content (AvgIpc) is 2.96. The highest BCUT2D eigenvalue weighted by Gasteiger charge is 2.16. The molecule has 1 fully saturated rings. The number of ether oxygens (including phenoxy) is 2. The lowest BCUT2D eigenvalue weighted by atomic mass is 10.1. The molecule has 106 valence electrons. The molecule has 2 heterocycles. The third-order valence-electron chi connectivity index (χ3n) is 3.43. The highest BCUT2D eigenvalue weighted by Crippen LogP contribution is 2.18. The number of nitrogens with zero attached hydrogens (tertiary/aromatic N) is 1. The van der Waals surface area contributed by atoms with Crippen LogP contribution in [-0.2, 0) is 4.74 Å². The monoisotopic (exact) mass is 264 g/mol. The van der Waals surface area contributed by atoms with Crippen molar-refractivity contribution in [3.8, 4) is 5.75 Å². The van der Waals surface area contributed by atoms with Gasteiger partial charge in [-0.3, -0.25) is 4.98 Å². The minimum atomic E-state index is 0.254. The average molecular weight is 264 g/mol. The molecule has 1 saturated heterocycles. The van der Waals surface area contributed by atoms with Gasteiger partial charge in [-0.2, -0.15) is 0 Å². The SMILES string of the molecule is CCNC(CC)c1ccc(OCC2CCCO2)cn1. The number of rotatable bonds is 7. The van der Waals surface area contributed by atoms with Crippen LogP contribution >= 0.6 is 0 Å². The molecule has 0 spiro atoms. The number of nitrogens with one attached hydrogen (secondary N) is 1. The fraction of sp³-hybridized carbons (Fsp3) is 0.667. The predicted octanol–water partition coefficient (Wildman–Crippen LogP) is 2.70. The Labute approximate surface area is 115 Å². The molecule has 0 aromatic carbocycles. The molecule has 2 unspecified atom stereocenters. The van der Waals surface area contributed by atoms with E-state index in [0.29, 0.717) is 12.6 Å². The van der Waals surface area contributed by atoms with Crippen LogP contribution in [0.1, 0.15) is 44.8 Å². The Morgan fingerprint density at radius 2 is 2.37 bits per heavy atom. The predicted molar refractivity (Wildman–Crippen MR) is 75.4 cm³/mol. The molecule has 1 aliphatic heterocycles. The normalized spacial score (nSPS) is 20.4. The Bertz CT molecular complexity index is 361. The molecule has 1 aromatic rings. The molecule has 19 heavy (non-hydrogen) atoms. The van der Waals surface area contributed by atoms with Gasteiger partial charge in [0.15, 0.2) is 0 Å². The van der Waals surface area contributed by atoms with Crippen LogP contribution in [-0.4, -0.2) is 30.8 Å². The minimum absolute atomic E-state index is 0.254. The van der Waals surface area contributed by atoms with Crippen LogP contribution in [0.4, 0.5) is 0 Å². The second-order valence-electron chi connectivity index (χ2n) is 4.88. The molecule has 0 aliphatic carbocycles. The number of hydrogen-bond donors (Lipinski definition) is 1. The maximum absolute atomic E-state index is 5.71. The van der Waals surface area contributed by atoms with Crippen molar-refractivity contribution in [3.05, 3.63) is 24.0 Å². The summed E-state index contributed by atoms with van der Waals surface area (Å²) in [5.41, 5.74) is 1.08. The molecular weight excluding hydrogens is 240 g/mol. The first-order valence-electron chi connectivity index (χ1n) is 7.27. The summed E-state index contributed by atoms with van der Waals surface area (Å²) in [6, 6.07) is 4.37. The van der Waals surface area contributed by atoms with E-state index in [1.165, 1.54) is 0 Å². The van der Waals surface area contributed by atoms with Gasteiger partial charge < -0.3 is 14.8 Å². The lowest BCUT2D eigenvalue weighted by Gasteiger charge is -2.16. The smallest absolute Gasteiger partial charge is 0.137 e. The maximum atomic E-state index is 5.71. The van der Waals surface area contributed by atoms with Gasteiger partial charge in [0.2, 0.25) is 0 Å². The number of pyridine rings is 1. The Morgan fingerprint density at radius 3 is 2.95 bits per heavy atom. The summed E-state index contributed by atoms with van der Waals surface area (Å²) in [6.45, 7) is 6.73. The van der Waals surface area contributed by atoms with Crippen molar-refractivity contribution in [2.45, 2.75) is 45.3 Å². The van der Waals surface area contributed by atoms with E-state index >= 15 is 0 Å². The molecule has 1 N–H and O–H groups in total. The van der Waals surface area contributed by atoms with Gasteiger partial charge in [-0.1, -0.05) is 13.8 Å². The van der Waals surface area contributed by atoms with Crippen LogP contribution in [0.25, 0.3) is 0 Å². The fourth-order valence-corrected chi connectivity index (χ4v) is 2.35. The third-order valence-corrected chi connectivity index (χ3v) is 3.43. The highest BCUT2D eigenvalue weighted by molar-refractivity contribution is 5.21. The molecule has 0 bridgehead atoms. The van der Waals surface area contributed by atoms with Crippen LogP contribution in [0.2, 0.25) is 0 Å². The lowest BCUT2D eigenvalue weighted by molar-refractivity contribution is 0.0678. The van der Waals surface area contributed by atoms with Gasteiger partial charge in [-0.15, -0.1) is 0 Å².